The molecule has 0 aliphatic heterocycles. The Labute approximate surface area is 98.5 Å². The fourth-order valence-electron chi connectivity index (χ4n) is 1.07. The van der Waals surface area contributed by atoms with Crippen LogP contribution in [0.1, 0.15) is 27.9 Å². The SMILES string of the molecule is O=C(O)c1ncsc1C(O)C(O)CCBr. The summed E-state index contributed by atoms with van der Waals surface area (Å²) >= 11 is 4.15. The van der Waals surface area contributed by atoms with Gasteiger partial charge in [0.2, 0.25) is 0 Å². The third-order valence-electron chi connectivity index (χ3n) is 1.84. The van der Waals surface area contributed by atoms with Crippen molar-refractivity contribution in [3.63, 3.8) is 0 Å². The number of aromatic nitrogens is 1. The first kappa shape index (κ1) is 12.6. The Kier molecular flexibility index (Phi) is 4.65. The van der Waals surface area contributed by atoms with Gasteiger partial charge in [-0.15, -0.1) is 11.3 Å². The lowest BCUT2D eigenvalue weighted by molar-refractivity contribution is 0.0184. The number of thiazole rings is 1. The normalized spacial score (nSPS) is 14.9. The Morgan fingerprint density at radius 2 is 2.27 bits per heavy atom. The minimum atomic E-state index is -1.20. The second kappa shape index (κ2) is 5.55. The van der Waals surface area contributed by atoms with E-state index in [1.807, 2.05) is 0 Å². The number of alkyl halides is 1. The molecule has 2 atom stereocenters. The predicted octanol–water partition coefficient (Wildman–Crippen LogP) is 1.02. The van der Waals surface area contributed by atoms with Crippen molar-refractivity contribution in [1.29, 1.82) is 0 Å². The lowest BCUT2D eigenvalue weighted by atomic mass is 10.1. The van der Waals surface area contributed by atoms with Crippen LogP contribution < -0.4 is 0 Å². The van der Waals surface area contributed by atoms with Crippen molar-refractivity contribution in [3.8, 4) is 0 Å². The quantitative estimate of drug-likeness (QED) is 0.706. The van der Waals surface area contributed by atoms with Crippen LogP contribution in [-0.4, -0.2) is 37.7 Å². The molecule has 0 amide bonds. The highest BCUT2D eigenvalue weighted by Crippen LogP contribution is 2.26. The van der Waals surface area contributed by atoms with Gasteiger partial charge in [0.1, 0.15) is 6.10 Å². The summed E-state index contributed by atoms with van der Waals surface area (Å²) < 4.78 is 0. The Hall–Kier alpha value is -0.500. The lowest BCUT2D eigenvalue weighted by Gasteiger charge is -2.15. The average Bonchev–Trinajstić information content (AvgIpc) is 2.65. The number of halogens is 1. The van der Waals surface area contributed by atoms with Crippen LogP contribution in [0.4, 0.5) is 0 Å². The molecule has 0 aliphatic rings. The molecule has 0 saturated heterocycles. The van der Waals surface area contributed by atoms with E-state index in [1.165, 1.54) is 5.51 Å². The van der Waals surface area contributed by atoms with E-state index in [4.69, 9.17) is 5.11 Å². The van der Waals surface area contributed by atoms with Gasteiger partial charge in [0.25, 0.3) is 0 Å². The Bertz CT molecular complexity index is 343. The monoisotopic (exact) mass is 295 g/mol. The smallest absolute Gasteiger partial charge is 0.355 e. The van der Waals surface area contributed by atoms with E-state index >= 15 is 0 Å². The van der Waals surface area contributed by atoms with Crippen molar-refractivity contribution in [2.75, 3.05) is 5.33 Å². The van der Waals surface area contributed by atoms with Crippen LogP contribution in [-0.2, 0) is 0 Å². The van der Waals surface area contributed by atoms with Crippen LogP contribution in [0, 0.1) is 0 Å². The Morgan fingerprint density at radius 1 is 1.60 bits per heavy atom. The second-order valence-corrected chi connectivity index (χ2v) is 4.54. The number of carboxylic acid groups (broad SMARTS) is 1. The number of aliphatic hydroxyl groups is 2. The molecule has 0 bridgehead atoms. The van der Waals surface area contributed by atoms with Gasteiger partial charge in [0.05, 0.1) is 16.5 Å². The number of hydrogen-bond donors (Lipinski definition) is 3. The largest absolute Gasteiger partial charge is 0.476 e. The molecule has 1 rings (SSSR count). The van der Waals surface area contributed by atoms with E-state index in [9.17, 15) is 15.0 Å². The van der Waals surface area contributed by atoms with E-state index in [2.05, 4.69) is 20.9 Å². The zero-order chi connectivity index (χ0) is 11.4. The summed E-state index contributed by atoms with van der Waals surface area (Å²) in [7, 11) is 0. The molecular weight excluding hydrogens is 286 g/mol. The average molecular weight is 296 g/mol. The maximum atomic E-state index is 10.7. The molecule has 0 fully saturated rings. The van der Waals surface area contributed by atoms with Crippen LogP contribution in [0.2, 0.25) is 0 Å². The molecule has 1 heterocycles. The molecule has 1 aromatic rings. The molecule has 7 heteroatoms. The molecule has 84 valence electrons. The number of rotatable bonds is 5. The topological polar surface area (TPSA) is 90.7 Å². The molecule has 0 aromatic carbocycles. The first-order valence-electron chi connectivity index (χ1n) is 4.16. The zero-order valence-electron chi connectivity index (χ0n) is 7.63. The van der Waals surface area contributed by atoms with Gasteiger partial charge in [0, 0.05) is 5.33 Å². The fraction of sp³-hybridized carbons (Fsp3) is 0.500. The number of carboxylic acids is 1. The summed E-state index contributed by atoms with van der Waals surface area (Å²) in [5.74, 6) is -1.20. The molecule has 0 saturated carbocycles. The third kappa shape index (κ3) is 2.97. The summed E-state index contributed by atoms with van der Waals surface area (Å²) in [6, 6.07) is 0. The molecule has 3 N–H and O–H groups in total. The van der Waals surface area contributed by atoms with Gasteiger partial charge in [-0.2, -0.15) is 0 Å². The number of aromatic carboxylic acids is 1. The van der Waals surface area contributed by atoms with Crippen molar-refractivity contribution in [2.24, 2.45) is 0 Å². The summed E-state index contributed by atoms with van der Waals surface area (Å²) in [6.45, 7) is 0. The van der Waals surface area contributed by atoms with Crippen LogP contribution in [0.3, 0.4) is 0 Å². The van der Waals surface area contributed by atoms with E-state index in [0.29, 0.717) is 11.8 Å². The molecule has 15 heavy (non-hydrogen) atoms. The van der Waals surface area contributed by atoms with Crippen molar-refractivity contribution in [3.05, 3.63) is 16.1 Å². The Morgan fingerprint density at radius 3 is 2.80 bits per heavy atom. The number of aliphatic hydroxyl groups excluding tert-OH is 2. The van der Waals surface area contributed by atoms with Gasteiger partial charge in [-0.3, -0.25) is 0 Å². The number of hydrogen-bond acceptors (Lipinski definition) is 5. The summed E-state index contributed by atoms with van der Waals surface area (Å²) in [6.07, 6.45) is -1.83. The van der Waals surface area contributed by atoms with Crippen molar-refractivity contribution in [1.82, 2.24) is 4.98 Å². The van der Waals surface area contributed by atoms with Gasteiger partial charge in [0.15, 0.2) is 5.69 Å². The lowest BCUT2D eigenvalue weighted by Crippen LogP contribution is -2.19. The molecule has 2 unspecified atom stereocenters. The Balaban J connectivity index is 2.85. The van der Waals surface area contributed by atoms with Crippen molar-refractivity contribution >= 4 is 33.2 Å². The maximum absolute atomic E-state index is 10.7. The van der Waals surface area contributed by atoms with Gasteiger partial charge in [-0.25, -0.2) is 9.78 Å². The van der Waals surface area contributed by atoms with Crippen molar-refractivity contribution in [2.45, 2.75) is 18.6 Å². The second-order valence-electron chi connectivity index (χ2n) is 2.86. The van der Waals surface area contributed by atoms with Crippen molar-refractivity contribution < 1.29 is 20.1 Å². The van der Waals surface area contributed by atoms with Gasteiger partial charge in [-0.1, -0.05) is 15.9 Å². The first-order valence-corrected chi connectivity index (χ1v) is 6.16. The first-order chi connectivity index (χ1) is 7.07. The fourth-order valence-corrected chi connectivity index (χ4v) is 2.36. The zero-order valence-corrected chi connectivity index (χ0v) is 10.0. The summed E-state index contributed by atoms with van der Waals surface area (Å²) in [5, 5.41) is 28.5. The standard InChI is InChI=1S/C8H10BrNO4S/c9-2-1-4(11)6(12)7-5(8(13)14)10-3-15-7/h3-4,6,11-12H,1-2H2,(H,13,14). The van der Waals surface area contributed by atoms with Crippen LogP contribution >= 0.6 is 27.3 Å². The van der Waals surface area contributed by atoms with Crippen LogP contribution in [0.15, 0.2) is 5.51 Å². The molecule has 1 aromatic heterocycles. The molecule has 0 spiro atoms. The highest BCUT2D eigenvalue weighted by Gasteiger charge is 2.25. The molecule has 5 nitrogen and oxygen atoms in total. The van der Waals surface area contributed by atoms with Gasteiger partial charge < -0.3 is 15.3 Å². The maximum Gasteiger partial charge on any atom is 0.355 e. The number of carbonyl (C=O) groups is 1. The summed E-state index contributed by atoms with van der Waals surface area (Å²) in [5.41, 5.74) is 1.14. The minimum absolute atomic E-state index is 0.191. The highest BCUT2D eigenvalue weighted by atomic mass is 79.9. The van der Waals surface area contributed by atoms with Crippen LogP contribution in [0.25, 0.3) is 0 Å². The van der Waals surface area contributed by atoms with E-state index in [0.717, 1.165) is 11.3 Å². The van der Waals surface area contributed by atoms with Gasteiger partial charge in [-0.05, 0) is 6.42 Å². The van der Waals surface area contributed by atoms with E-state index in [-0.39, 0.29) is 10.6 Å². The van der Waals surface area contributed by atoms with E-state index < -0.39 is 18.2 Å². The molecule has 0 aliphatic carbocycles. The predicted molar refractivity (Wildman–Crippen MR) is 58.5 cm³/mol. The molecular formula is C8H10BrNO4S. The summed E-state index contributed by atoms with van der Waals surface area (Å²) in [4.78, 5) is 14.5. The van der Waals surface area contributed by atoms with Crippen LogP contribution in [0.5, 0.6) is 0 Å². The third-order valence-corrected chi connectivity index (χ3v) is 3.19. The van der Waals surface area contributed by atoms with E-state index in [1.54, 1.807) is 0 Å². The number of nitrogens with zero attached hydrogens (tertiary/aromatic N) is 1. The minimum Gasteiger partial charge on any atom is -0.476 e. The van der Waals surface area contributed by atoms with Gasteiger partial charge >= 0.3 is 5.97 Å². The highest BCUT2D eigenvalue weighted by molar-refractivity contribution is 9.09. The molecule has 0 radical (unpaired) electrons.